The lowest BCUT2D eigenvalue weighted by atomic mass is 10.2. The van der Waals surface area contributed by atoms with E-state index in [-0.39, 0.29) is 29.4 Å². The Kier molecular flexibility index (Phi) is 5.74. The van der Waals surface area contributed by atoms with E-state index in [1.807, 2.05) is 12.8 Å². The van der Waals surface area contributed by atoms with Crippen LogP contribution in [-0.4, -0.2) is 34.9 Å². The van der Waals surface area contributed by atoms with E-state index in [0.717, 1.165) is 5.56 Å². The Hall–Kier alpha value is -1.36. The van der Waals surface area contributed by atoms with Crippen LogP contribution in [-0.2, 0) is 24.1 Å². The van der Waals surface area contributed by atoms with Gasteiger partial charge in [0.2, 0.25) is 0 Å². The van der Waals surface area contributed by atoms with Crippen molar-refractivity contribution >= 4 is 20.0 Å². The van der Waals surface area contributed by atoms with Gasteiger partial charge in [-0.25, -0.2) is 8.42 Å². The van der Waals surface area contributed by atoms with Gasteiger partial charge >= 0.3 is 0 Å². The predicted molar refractivity (Wildman–Crippen MR) is 76.4 cm³/mol. The highest BCUT2D eigenvalue weighted by molar-refractivity contribution is 7.91. The summed E-state index contributed by atoms with van der Waals surface area (Å²) < 4.78 is 51.1. The summed E-state index contributed by atoms with van der Waals surface area (Å²) in [5, 5.41) is 0. The second-order valence-electron chi connectivity index (χ2n) is 4.21. The molecule has 1 aromatic rings. The number of terminal acetylenes is 1. The molecule has 1 rings (SSSR count). The van der Waals surface area contributed by atoms with Gasteiger partial charge in [0, 0.05) is 0 Å². The van der Waals surface area contributed by atoms with Crippen molar-refractivity contribution in [2.24, 2.45) is 0 Å². The molecule has 5 nitrogen and oxygen atoms in total. The first-order chi connectivity index (χ1) is 9.27. The van der Waals surface area contributed by atoms with Crippen LogP contribution >= 0.6 is 0 Å². The topological polar surface area (TPSA) is 77.5 Å². The molecule has 0 aromatic heterocycles. The van der Waals surface area contributed by atoms with Crippen molar-refractivity contribution in [1.29, 1.82) is 0 Å². The number of sulfone groups is 1. The van der Waals surface area contributed by atoms with Gasteiger partial charge in [0.1, 0.15) is 6.61 Å². The third-order valence-corrected chi connectivity index (χ3v) is 5.59. The summed E-state index contributed by atoms with van der Waals surface area (Å²) in [7, 11) is -7.24. The average Bonchev–Trinajstić information content (AvgIpc) is 2.36. The lowest BCUT2D eigenvalue weighted by Crippen LogP contribution is -2.15. The highest BCUT2D eigenvalue weighted by Gasteiger charge is 2.17. The van der Waals surface area contributed by atoms with E-state index >= 15 is 0 Å². The van der Waals surface area contributed by atoms with Crippen molar-refractivity contribution in [2.45, 2.75) is 18.2 Å². The Morgan fingerprint density at radius 3 is 2.25 bits per heavy atom. The Bertz CT molecular complexity index is 679. The molecule has 0 aliphatic carbocycles. The fraction of sp³-hybridized carbons (Fsp3) is 0.385. The number of hydrogen-bond donors (Lipinski definition) is 0. The van der Waals surface area contributed by atoms with Crippen LogP contribution in [0.15, 0.2) is 29.2 Å². The molecule has 0 aliphatic rings. The summed E-state index contributed by atoms with van der Waals surface area (Å²) in [5.41, 5.74) is 0.953. The van der Waals surface area contributed by atoms with Crippen molar-refractivity contribution in [3.8, 4) is 12.3 Å². The first kappa shape index (κ1) is 16.7. The van der Waals surface area contributed by atoms with Crippen molar-refractivity contribution in [2.75, 3.05) is 18.1 Å². The summed E-state index contributed by atoms with van der Waals surface area (Å²) in [4.78, 5) is 0.185. The van der Waals surface area contributed by atoms with Gasteiger partial charge in [-0.2, -0.15) is 8.42 Å². The summed E-state index contributed by atoms with van der Waals surface area (Å²) in [6.07, 6.45) is 4.85. The molecule has 0 aliphatic heterocycles. The van der Waals surface area contributed by atoms with Crippen molar-refractivity contribution in [1.82, 2.24) is 0 Å². The third kappa shape index (κ3) is 5.33. The molecular formula is C13H16O5S2. The second kappa shape index (κ2) is 6.88. The molecule has 0 radical (unpaired) electrons. The van der Waals surface area contributed by atoms with Crippen LogP contribution in [0, 0.1) is 19.3 Å². The van der Waals surface area contributed by atoms with Crippen LogP contribution < -0.4 is 0 Å². The van der Waals surface area contributed by atoms with Gasteiger partial charge in [0.15, 0.2) is 9.84 Å². The fourth-order valence-electron chi connectivity index (χ4n) is 1.47. The lowest BCUT2D eigenvalue weighted by molar-refractivity contribution is 0.363. The monoisotopic (exact) mass is 316 g/mol. The van der Waals surface area contributed by atoms with Gasteiger partial charge in [0.25, 0.3) is 10.1 Å². The third-order valence-electron chi connectivity index (χ3n) is 2.51. The van der Waals surface area contributed by atoms with Crippen LogP contribution in [0.4, 0.5) is 0 Å². The van der Waals surface area contributed by atoms with Crippen LogP contribution in [0.2, 0.25) is 0 Å². The zero-order valence-corrected chi connectivity index (χ0v) is 12.7. The van der Waals surface area contributed by atoms with E-state index in [2.05, 4.69) is 4.18 Å². The fourth-order valence-corrected chi connectivity index (χ4v) is 3.83. The maximum atomic E-state index is 12.0. The first-order valence-electron chi connectivity index (χ1n) is 5.87. The van der Waals surface area contributed by atoms with E-state index in [4.69, 9.17) is 6.42 Å². The quantitative estimate of drug-likeness (QED) is 0.557. The van der Waals surface area contributed by atoms with Gasteiger partial charge in [-0.1, -0.05) is 23.6 Å². The molecule has 1 aromatic carbocycles. The Balaban J connectivity index is 2.61. The number of rotatable bonds is 7. The Morgan fingerprint density at radius 1 is 1.10 bits per heavy atom. The predicted octanol–water partition coefficient (Wildman–Crippen LogP) is 1.14. The highest BCUT2D eigenvalue weighted by Crippen LogP contribution is 2.13. The van der Waals surface area contributed by atoms with E-state index in [9.17, 15) is 16.8 Å². The van der Waals surface area contributed by atoms with E-state index in [0.29, 0.717) is 0 Å². The Labute approximate surface area is 120 Å². The van der Waals surface area contributed by atoms with Crippen molar-refractivity contribution in [3.63, 3.8) is 0 Å². The molecular weight excluding hydrogens is 300 g/mol. The van der Waals surface area contributed by atoms with Gasteiger partial charge in [-0.05, 0) is 25.5 Å². The molecule has 0 atom stereocenters. The van der Waals surface area contributed by atoms with E-state index in [1.165, 1.54) is 12.1 Å². The summed E-state index contributed by atoms with van der Waals surface area (Å²) in [6.45, 7) is 1.51. The summed E-state index contributed by atoms with van der Waals surface area (Å²) in [6, 6.07) is 6.40. The van der Waals surface area contributed by atoms with Crippen LogP contribution in [0.5, 0.6) is 0 Å². The number of benzene rings is 1. The standard InChI is InChI=1S/C13H16O5S2/c1-3-9-18-20(16,17)11-4-10-19(14,15)13-7-5-12(2)6-8-13/h1,5-8H,4,9-11H2,2H3. The molecule has 0 saturated heterocycles. The molecule has 0 unspecified atom stereocenters. The van der Waals surface area contributed by atoms with Gasteiger partial charge in [-0.3, -0.25) is 4.18 Å². The number of hydrogen-bond acceptors (Lipinski definition) is 5. The van der Waals surface area contributed by atoms with Gasteiger partial charge in [0.05, 0.1) is 16.4 Å². The largest absolute Gasteiger partial charge is 0.268 e. The SMILES string of the molecule is C#CCOS(=O)(=O)CCCS(=O)(=O)c1ccc(C)cc1. The van der Waals surface area contributed by atoms with Crippen LogP contribution in [0.25, 0.3) is 0 Å². The minimum absolute atomic E-state index is 0.0386. The lowest BCUT2D eigenvalue weighted by Gasteiger charge is -2.05. The highest BCUT2D eigenvalue weighted by atomic mass is 32.2. The minimum Gasteiger partial charge on any atom is -0.257 e. The second-order valence-corrected chi connectivity index (χ2v) is 8.08. The van der Waals surface area contributed by atoms with E-state index in [1.54, 1.807) is 12.1 Å². The van der Waals surface area contributed by atoms with Crippen LogP contribution in [0.1, 0.15) is 12.0 Å². The minimum atomic E-state index is -3.76. The molecule has 0 spiro atoms. The molecule has 20 heavy (non-hydrogen) atoms. The smallest absolute Gasteiger partial charge is 0.257 e. The number of aryl methyl sites for hydroxylation is 1. The van der Waals surface area contributed by atoms with Gasteiger partial charge < -0.3 is 0 Å². The molecule has 0 heterocycles. The zero-order chi connectivity index (χ0) is 15.2. The zero-order valence-electron chi connectivity index (χ0n) is 11.1. The summed E-state index contributed by atoms with van der Waals surface area (Å²) >= 11 is 0. The maximum absolute atomic E-state index is 12.0. The normalized spacial score (nSPS) is 12.0. The molecule has 7 heteroatoms. The van der Waals surface area contributed by atoms with Gasteiger partial charge in [-0.15, -0.1) is 6.42 Å². The molecule has 0 fully saturated rings. The molecule has 0 saturated carbocycles. The van der Waals surface area contributed by atoms with Crippen molar-refractivity contribution in [3.05, 3.63) is 29.8 Å². The van der Waals surface area contributed by atoms with E-state index < -0.39 is 20.0 Å². The Morgan fingerprint density at radius 2 is 1.70 bits per heavy atom. The molecule has 0 N–H and O–H groups in total. The molecule has 0 bridgehead atoms. The van der Waals surface area contributed by atoms with Crippen LogP contribution in [0.3, 0.4) is 0 Å². The molecule has 110 valence electrons. The maximum Gasteiger partial charge on any atom is 0.268 e. The molecule has 0 amide bonds. The first-order valence-corrected chi connectivity index (χ1v) is 9.10. The summed E-state index contributed by atoms with van der Waals surface area (Å²) in [5.74, 6) is 1.41. The average molecular weight is 316 g/mol. The van der Waals surface area contributed by atoms with Crippen molar-refractivity contribution < 1.29 is 21.0 Å².